The van der Waals surface area contributed by atoms with Crippen LogP contribution in [0.3, 0.4) is 0 Å². The van der Waals surface area contributed by atoms with Crippen molar-refractivity contribution >= 4 is 29.1 Å². The van der Waals surface area contributed by atoms with Crippen molar-refractivity contribution in [2.75, 3.05) is 5.75 Å². The van der Waals surface area contributed by atoms with Crippen molar-refractivity contribution in [3.8, 4) is 0 Å². The standard InChI is InChI=1S/C15H17ClN2OS/c1-10(2)18-15(13(16)8-17-18)14(19)9-20-12-6-4-5-11(3)7-12/h4-8,10H,9H2,1-3H3. The van der Waals surface area contributed by atoms with Gasteiger partial charge in [0.15, 0.2) is 5.78 Å². The van der Waals surface area contributed by atoms with Crippen LogP contribution in [0, 0.1) is 6.92 Å². The van der Waals surface area contributed by atoms with Crippen molar-refractivity contribution < 1.29 is 4.79 Å². The number of ketones is 1. The number of aromatic nitrogens is 2. The minimum absolute atomic E-state index is 0.00714. The molecule has 0 radical (unpaired) electrons. The normalized spacial score (nSPS) is 11.1. The number of hydrogen-bond acceptors (Lipinski definition) is 3. The van der Waals surface area contributed by atoms with Crippen molar-refractivity contribution in [1.82, 2.24) is 9.78 Å². The van der Waals surface area contributed by atoms with Gasteiger partial charge in [-0.25, -0.2) is 0 Å². The smallest absolute Gasteiger partial charge is 0.192 e. The number of carbonyl (C=O) groups is 1. The quantitative estimate of drug-likeness (QED) is 0.606. The molecule has 1 aromatic carbocycles. The maximum atomic E-state index is 12.3. The summed E-state index contributed by atoms with van der Waals surface area (Å²) in [5, 5.41) is 4.58. The summed E-state index contributed by atoms with van der Waals surface area (Å²) in [5.74, 6) is 0.370. The number of carbonyl (C=O) groups excluding carboxylic acids is 1. The average molecular weight is 309 g/mol. The maximum absolute atomic E-state index is 12.3. The Kier molecular flexibility index (Phi) is 4.89. The summed E-state index contributed by atoms with van der Waals surface area (Å²) >= 11 is 7.60. The molecule has 5 heteroatoms. The van der Waals surface area contributed by atoms with E-state index in [0.29, 0.717) is 16.5 Å². The van der Waals surface area contributed by atoms with Gasteiger partial charge in [-0.3, -0.25) is 9.48 Å². The Morgan fingerprint density at radius 1 is 1.45 bits per heavy atom. The molecule has 0 fully saturated rings. The number of benzene rings is 1. The molecule has 0 spiro atoms. The van der Waals surface area contributed by atoms with Crippen molar-refractivity contribution in [2.45, 2.75) is 31.7 Å². The van der Waals surface area contributed by atoms with Gasteiger partial charge >= 0.3 is 0 Å². The minimum atomic E-state index is 0.00714. The van der Waals surface area contributed by atoms with E-state index < -0.39 is 0 Å². The summed E-state index contributed by atoms with van der Waals surface area (Å²) in [7, 11) is 0. The molecule has 2 rings (SSSR count). The fourth-order valence-electron chi connectivity index (χ4n) is 1.92. The molecule has 0 aliphatic heterocycles. The lowest BCUT2D eigenvalue weighted by molar-refractivity contribution is 0.101. The van der Waals surface area contributed by atoms with Gasteiger partial charge in [-0.1, -0.05) is 29.3 Å². The van der Waals surface area contributed by atoms with Gasteiger partial charge < -0.3 is 0 Å². The van der Waals surface area contributed by atoms with E-state index in [-0.39, 0.29) is 11.8 Å². The number of Topliss-reactive ketones (excluding diaryl/α,β-unsaturated/α-hetero) is 1. The Bertz CT molecular complexity index is 622. The van der Waals surface area contributed by atoms with Gasteiger partial charge in [0.25, 0.3) is 0 Å². The summed E-state index contributed by atoms with van der Waals surface area (Å²) in [4.78, 5) is 13.4. The van der Waals surface area contributed by atoms with Gasteiger partial charge in [-0.2, -0.15) is 5.10 Å². The number of nitrogens with zero attached hydrogens (tertiary/aromatic N) is 2. The van der Waals surface area contributed by atoms with Crippen molar-refractivity contribution in [1.29, 1.82) is 0 Å². The van der Waals surface area contributed by atoms with E-state index in [1.54, 1.807) is 4.68 Å². The molecule has 3 nitrogen and oxygen atoms in total. The van der Waals surface area contributed by atoms with Crippen molar-refractivity contribution in [2.24, 2.45) is 0 Å². The molecule has 0 unspecified atom stereocenters. The minimum Gasteiger partial charge on any atom is -0.291 e. The molecular formula is C15H17ClN2OS. The fourth-order valence-corrected chi connectivity index (χ4v) is 3.03. The van der Waals surface area contributed by atoms with Crippen molar-refractivity contribution in [3.05, 3.63) is 46.7 Å². The fraction of sp³-hybridized carbons (Fsp3) is 0.333. The molecule has 1 heterocycles. The third-order valence-electron chi connectivity index (χ3n) is 2.86. The van der Waals surface area contributed by atoms with Crippen LogP contribution in [0.15, 0.2) is 35.4 Å². The molecule has 1 aromatic heterocycles. The van der Waals surface area contributed by atoms with Gasteiger partial charge in [0, 0.05) is 10.9 Å². The molecule has 0 aliphatic carbocycles. The van der Waals surface area contributed by atoms with Gasteiger partial charge in [0.2, 0.25) is 0 Å². The van der Waals surface area contributed by atoms with E-state index in [0.717, 1.165) is 4.90 Å². The monoisotopic (exact) mass is 308 g/mol. The number of halogens is 1. The first-order valence-electron chi connectivity index (χ1n) is 6.44. The lowest BCUT2D eigenvalue weighted by atomic mass is 10.2. The first-order valence-corrected chi connectivity index (χ1v) is 7.81. The van der Waals surface area contributed by atoms with Gasteiger partial charge in [-0.15, -0.1) is 11.8 Å². The zero-order valence-corrected chi connectivity index (χ0v) is 13.3. The molecular weight excluding hydrogens is 292 g/mol. The van der Waals surface area contributed by atoms with Gasteiger partial charge in [-0.05, 0) is 32.9 Å². The highest BCUT2D eigenvalue weighted by molar-refractivity contribution is 8.00. The summed E-state index contributed by atoms with van der Waals surface area (Å²) < 4.78 is 1.68. The highest BCUT2D eigenvalue weighted by atomic mass is 35.5. The van der Waals surface area contributed by atoms with E-state index in [9.17, 15) is 4.79 Å². The maximum Gasteiger partial charge on any atom is 0.192 e. The van der Waals surface area contributed by atoms with E-state index in [1.165, 1.54) is 23.5 Å². The second-order valence-corrected chi connectivity index (χ2v) is 6.36. The molecule has 0 N–H and O–H groups in total. The largest absolute Gasteiger partial charge is 0.291 e. The lowest BCUT2D eigenvalue weighted by Gasteiger charge is -2.10. The molecule has 2 aromatic rings. The van der Waals surface area contributed by atoms with Crippen molar-refractivity contribution in [3.63, 3.8) is 0 Å². The SMILES string of the molecule is Cc1cccc(SCC(=O)c2c(Cl)cnn2C(C)C)c1. The molecule has 0 amide bonds. The van der Waals surface area contributed by atoms with Crippen LogP contribution in [0.2, 0.25) is 5.02 Å². The third-order valence-corrected chi connectivity index (χ3v) is 4.13. The van der Waals surface area contributed by atoms with E-state index in [1.807, 2.05) is 39.0 Å². The molecule has 0 aliphatic rings. The van der Waals surface area contributed by atoms with Crippen LogP contribution in [0.1, 0.15) is 35.9 Å². The Balaban J connectivity index is 2.11. The van der Waals surface area contributed by atoms with E-state index in [2.05, 4.69) is 11.2 Å². The summed E-state index contributed by atoms with van der Waals surface area (Å²) in [5.41, 5.74) is 1.69. The van der Waals surface area contributed by atoms with E-state index >= 15 is 0 Å². The zero-order valence-electron chi connectivity index (χ0n) is 11.8. The van der Waals surface area contributed by atoms with Gasteiger partial charge in [0.05, 0.1) is 17.0 Å². The summed E-state index contributed by atoms with van der Waals surface area (Å²) in [6.45, 7) is 6.00. The first-order chi connectivity index (χ1) is 9.49. The molecule has 0 atom stereocenters. The van der Waals surface area contributed by atoms with Crippen LogP contribution in [-0.2, 0) is 0 Å². The van der Waals surface area contributed by atoms with Crippen LogP contribution in [0.25, 0.3) is 0 Å². The summed E-state index contributed by atoms with van der Waals surface area (Å²) in [6.07, 6.45) is 1.53. The number of rotatable bonds is 5. The first kappa shape index (κ1) is 15.1. The number of aryl methyl sites for hydroxylation is 1. The summed E-state index contributed by atoms with van der Waals surface area (Å²) in [6, 6.07) is 8.22. The molecule has 20 heavy (non-hydrogen) atoms. The van der Waals surface area contributed by atoms with Gasteiger partial charge in [0.1, 0.15) is 5.69 Å². The van der Waals surface area contributed by atoms with E-state index in [4.69, 9.17) is 11.6 Å². The molecule has 106 valence electrons. The Labute approximate surface area is 128 Å². The average Bonchev–Trinajstić information content (AvgIpc) is 2.78. The Hall–Kier alpha value is -1.26. The molecule has 0 saturated heterocycles. The molecule has 0 bridgehead atoms. The third kappa shape index (κ3) is 3.44. The number of thioether (sulfide) groups is 1. The van der Waals surface area contributed by atoms with Crippen LogP contribution >= 0.6 is 23.4 Å². The molecule has 0 saturated carbocycles. The zero-order chi connectivity index (χ0) is 14.7. The van der Waals surface area contributed by atoms with Crippen LogP contribution in [0.5, 0.6) is 0 Å². The second-order valence-electron chi connectivity index (χ2n) is 4.91. The predicted octanol–water partition coefficient (Wildman–Crippen LogP) is 4.40. The van der Waals surface area contributed by atoms with Crippen LogP contribution in [0.4, 0.5) is 0 Å². The van der Waals surface area contributed by atoms with Crippen LogP contribution < -0.4 is 0 Å². The highest BCUT2D eigenvalue weighted by Crippen LogP contribution is 2.24. The van der Waals surface area contributed by atoms with Crippen LogP contribution in [-0.4, -0.2) is 21.3 Å². The predicted molar refractivity (Wildman–Crippen MR) is 83.9 cm³/mol. The lowest BCUT2D eigenvalue weighted by Crippen LogP contribution is -2.14. The topological polar surface area (TPSA) is 34.9 Å². The second kappa shape index (κ2) is 6.46. The number of hydrogen-bond donors (Lipinski definition) is 0. The highest BCUT2D eigenvalue weighted by Gasteiger charge is 2.19. The Morgan fingerprint density at radius 2 is 2.20 bits per heavy atom. The Morgan fingerprint density at radius 3 is 2.85 bits per heavy atom.